The van der Waals surface area contributed by atoms with Crippen LogP contribution < -0.4 is 5.32 Å². The second-order valence-electron chi connectivity index (χ2n) is 8.21. The van der Waals surface area contributed by atoms with Crippen molar-refractivity contribution in [2.75, 3.05) is 0 Å². The predicted molar refractivity (Wildman–Crippen MR) is 111 cm³/mol. The van der Waals surface area contributed by atoms with E-state index in [1.54, 1.807) is 31.2 Å². The van der Waals surface area contributed by atoms with E-state index in [4.69, 9.17) is 0 Å². The van der Waals surface area contributed by atoms with Crippen LogP contribution in [0, 0.1) is 5.92 Å². The van der Waals surface area contributed by atoms with Crippen LogP contribution in [0.1, 0.15) is 58.1 Å². The van der Waals surface area contributed by atoms with Crippen LogP contribution in [0.25, 0.3) is 0 Å². The first kappa shape index (κ1) is 26.0. The number of aliphatic hydroxyl groups is 1. The van der Waals surface area contributed by atoms with Crippen LogP contribution in [0.15, 0.2) is 48.5 Å². The number of carbonyl (C=O) groups is 1. The molecule has 0 saturated heterocycles. The van der Waals surface area contributed by atoms with Crippen LogP contribution in [-0.4, -0.2) is 31.8 Å². The summed E-state index contributed by atoms with van der Waals surface area (Å²) in [6.07, 6.45) is -10.4. The van der Waals surface area contributed by atoms with Crippen LogP contribution >= 0.6 is 0 Å². The van der Waals surface area contributed by atoms with E-state index in [2.05, 4.69) is 5.32 Å². The first-order chi connectivity index (χ1) is 15.7. The Morgan fingerprint density at radius 3 is 1.79 bits per heavy atom. The Morgan fingerprint density at radius 1 is 0.912 bits per heavy atom. The standard InChI is InChI=1S/C22H21F6NO4S/c1-12(13-2-4-14(5-3-13)18(34(32)33)15-6-7-15)29-19(30)16-8-10-17(11-9-16)20(31,21(23,24)25)22(26,27)28/h2-5,8-12,15,18,31,34H,6-7H2,1H3,(H,29,30)/t12-,18?/m1/s1. The molecule has 2 atom stereocenters. The first-order valence-corrected chi connectivity index (χ1v) is 11.4. The lowest BCUT2D eigenvalue weighted by atomic mass is 9.91. The average molecular weight is 509 g/mol. The number of thiol groups is 1. The van der Waals surface area contributed by atoms with Crippen LogP contribution in [0.4, 0.5) is 26.3 Å². The van der Waals surface area contributed by atoms with E-state index in [1.807, 2.05) is 0 Å². The third-order valence-corrected chi connectivity index (χ3v) is 6.98. The molecule has 0 radical (unpaired) electrons. The van der Waals surface area contributed by atoms with Crippen molar-refractivity contribution < 1.29 is 44.7 Å². The van der Waals surface area contributed by atoms with E-state index < -0.39 is 51.4 Å². The molecule has 0 bridgehead atoms. The third-order valence-electron chi connectivity index (χ3n) is 5.81. The lowest BCUT2D eigenvalue weighted by Gasteiger charge is -2.32. The highest BCUT2D eigenvalue weighted by atomic mass is 32.2. The highest BCUT2D eigenvalue weighted by molar-refractivity contribution is 7.72. The lowest BCUT2D eigenvalue weighted by Crippen LogP contribution is -2.53. The van der Waals surface area contributed by atoms with E-state index in [0.717, 1.165) is 25.0 Å². The summed E-state index contributed by atoms with van der Waals surface area (Å²) in [7, 11) is -2.64. The molecule has 186 valence electrons. The zero-order chi connectivity index (χ0) is 25.5. The van der Waals surface area contributed by atoms with E-state index in [-0.39, 0.29) is 11.5 Å². The Morgan fingerprint density at radius 2 is 1.38 bits per heavy atom. The fraction of sp³-hybridized carbons (Fsp3) is 0.409. The van der Waals surface area contributed by atoms with Crippen LogP contribution in [0.2, 0.25) is 0 Å². The largest absolute Gasteiger partial charge is 0.430 e. The molecule has 2 N–H and O–H groups in total. The number of amides is 1. The second kappa shape index (κ2) is 9.21. The molecule has 1 amide bonds. The molecule has 2 aromatic rings. The Kier molecular flexibility index (Phi) is 7.05. The van der Waals surface area contributed by atoms with Crippen LogP contribution in [-0.2, 0) is 16.3 Å². The number of halogens is 6. The van der Waals surface area contributed by atoms with Gasteiger partial charge in [0, 0.05) is 11.1 Å². The number of nitrogens with one attached hydrogen (secondary N) is 1. The SMILES string of the molecule is C[C@@H](NC(=O)c1ccc(C(O)(C(F)(F)F)C(F)(F)F)cc1)c1ccc(C(C2CC2)[SH](=O)=O)cc1. The normalized spacial score (nSPS) is 16.9. The van der Waals surface area contributed by atoms with Crippen molar-refractivity contribution in [2.24, 2.45) is 5.92 Å². The molecule has 1 aliphatic carbocycles. The molecule has 5 nitrogen and oxygen atoms in total. The molecule has 34 heavy (non-hydrogen) atoms. The first-order valence-electron chi connectivity index (χ1n) is 10.2. The Bertz CT molecular complexity index is 1080. The van der Waals surface area contributed by atoms with E-state index in [1.165, 1.54) is 0 Å². The number of hydrogen-bond donors (Lipinski definition) is 3. The topological polar surface area (TPSA) is 83.5 Å². The fourth-order valence-corrected chi connectivity index (χ4v) is 4.73. The van der Waals surface area contributed by atoms with E-state index in [0.29, 0.717) is 23.3 Å². The zero-order valence-corrected chi connectivity index (χ0v) is 18.5. The van der Waals surface area contributed by atoms with Crippen LogP contribution in [0.3, 0.4) is 0 Å². The van der Waals surface area contributed by atoms with Gasteiger partial charge in [-0.05, 0) is 48.9 Å². The van der Waals surface area contributed by atoms with Gasteiger partial charge in [0.1, 0.15) is 10.7 Å². The van der Waals surface area contributed by atoms with Gasteiger partial charge in [0.2, 0.25) is 0 Å². The summed E-state index contributed by atoms with van der Waals surface area (Å²) in [5.41, 5.74) is -5.49. The second-order valence-corrected chi connectivity index (χ2v) is 9.34. The number of alkyl halides is 6. The zero-order valence-electron chi connectivity index (χ0n) is 17.7. The summed E-state index contributed by atoms with van der Waals surface area (Å²) >= 11 is 0. The molecule has 1 aliphatic rings. The Balaban J connectivity index is 1.73. The monoisotopic (exact) mass is 509 g/mol. The van der Waals surface area contributed by atoms with Crippen molar-refractivity contribution in [3.63, 3.8) is 0 Å². The molecule has 0 aromatic heterocycles. The highest BCUT2D eigenvalue weighted by Crippen LogP contribution is 2.50. The molecule has 2 aromatic carbocycles. The fourth-order valence-electron chi connectivity index (χ4n) is 3.67. The maximum atomic E-state index is 13.0. The van der Waals surface area contributed by atoms with Gasteiger partial charge in [-0.25, -0.2) is 8.42 Å². The molecule has 1 saturated carbocycles. The maximum absolute atomic E-state index is 13.0. The van der Waals surface area contributed by atoms with Gasteiger partial charge in [-0.2, -0.15) is 26.3 Å². The van der Waals surface area contributed by atoms with Crippen molar-refractivity contribution in [1.82, 2.24) is 5.32 Å². The minimum atomic E-state index is -6.02. The lowest BCUT2D eigenvalue weighted by molar-refractivity contribution is -0.376. The molecule has 1 fully saturated rings. The smallest absolute Gasteiger partial charge is 0.369 e. The summed E-state index contributed by atoms with van der Waals surface area (Å²) in [4.78, 5) is 12.4. The average Bonchev–Trinajstić information content (AvgIpc) is 3.57. The summed E-state index contributed by atoms with van der Waals surface area (Å²) < 4.78 is 101. The van der Waals surface area contributed by atoms with Crippen molar-refractivity contribution >= 4 is 16.6 Å². The molecule has 12 heteroatoms. The summed E-state index contributed by atoms with van der Waals surface area (Å²) in [6.45, 7) is 1.61. The van der Waals surface area contributed by atoms with Crippen molar-refractivity contribution in [3.05, 3.63) is 70.8 Å². The van der Waals surface area contributed by atoms with Gasteiger partial charge < -0.3 is 10.4 Å². The van der Waals surface area contributed by atoms with Gasteiger partial charge in [0.25, 0.3) is 11.5 Å². The van der Waals surface area contributed by atoms with Gasteiger partial charge in [0.15, 0.2) is 0 Å². The Labute approximate surface area is 192 Å². The molecule has 0 heterocycles. The van der Waals surface area contributed by atoms with Crippen molar-refractivity contribution in [3.8, 4) is 0 Å². The quantitative estimate of drug-likeness (QED) is 0.378. The number of rotatable bonds is 7. The highest BCUT2D eigenvalue weighted by Gasteiger charge is 2.71. The maximum Gasteiger partial charge on any atom is 0.430 e. The number of benzene rings is 2. The van der Waals surface area contributed by atoms with Gasteiger partial charge in [-0.15, -0.1) is 0 Å². The third kappa shape index (κ3) is 5.07. The number of carbonyl (C=O) groups excluding carboxylic acids is 1. The number of hydrogen-bond acceptors (Lipinski definition) is 4. The summed E-state index contributed by atoms with van der Waals surface area (Å²) in [5.74, 6) is -0.663. The van der Waals surface area contributed by atoms with Gasteiger partial charge in [0.05, 0.1) is 11.3 Å². The molecule has 3 rings (SSSR count). The molecular weight excluding hydrogens is 488 g/mol. The van der Waals surface area contributed by atoms with Crippen LogP contribution in [0.5, 0.6) is 0 Å². The van der Waals surface area contributed by atoms with Crippen molar-refractivity contribution in [2.45, 2.75) is 49.0 Å². The molecule has 1 unspecified atom stereocenters. The molecule has 0 spiro atoms. The molecular formula is C22H21F6NO4S. The van der Waals surface area contributed by atoms with Gasteiger partial charge >= 0.3 is 12.4 Å². The summed E-state index contributed by atoms with van der Waals surface area (Å²) in [5, 5.41) is 11.4. The summed E-state index contributed by atoms with van der Waals surface area (Å²) in [6, 6.07) is 8.31. The predicted octanol–water partition coefficient (Wildman–Crippen LogP) is 4.55. The molecule has 0 aliphatic heterocycles. The Hall–Kier alpha value is -2.60. The van der Waals surface area contributed by atoms with Crippen molar-refractivity contribution in [1.29, 1.82) is 0 Å². The van der Waals surface area contributed by atoms with E-state index >= 15 is 0 Å². The minimum Gasteiger partial charge on any atom is -0.369 e. The van der Waals surface area contributed by atoms with E-state index in [9.17, 15) is 44.7 Å². The van der Waals surface area contributed by atoms with Gasteiger partial charge in [-0.1, -0.05) is 36.4 Å². The minimum absolute atomic E-state index is 0.0967. The van der Waals surface area contributed by atoms with Gasteiger partial charge in [-0.3, -0.25) is 4.79 Å².